The van der Waals surface area contributed by atoms with Crippen molar-refractivity contribution < 1.29 is 18.9 Å². The largest absolute Gasteiger partial charge is 0.481 e. The SMILES string of the molecule is CNCCCCCCC1(C)OB(C(CC(C)C)NC(=O)C(Cc2ccccc2)NC(=O)c2cnccn2)OC1(C)C. The molecule has 224 valence electrons. The van der Waals surface area contributed by atoms with Crippen molar-refractivity contribution in [3.8, 4) is 0 Å². The molecule has 0 bridgehead atoms. The molecule has 1 aromatic carbocycles. The highest BCUT2D eigenvalue weighted by Crippen LogP contribution is 2.42. The van der Waals surface area contributed by atoms with Gasteiger partial charge >= 0.3 is 7.12 Å². The van der Waals surface area contributed by atoms with E-state index in [0.29, 0.717) is 12.8 Å². The molecule has 0 spiro atoms. The van der Waals surface area contributed by atoms with Crippen LogP contribution in [0.15, 0.2) is 48.9 Å². The molecule has 3 unspecified atom stereocenters. The number of rotatable bonds is 16. The second-order valence-corrected chi connectivity index (χ2v) is 12.2. The summed E-state index contributed by atoms with van der Waals surface area (Å²) in [6.45, 7) is 11.5. The van der Waals surface area contributed by atoms with Crippen molar-refractivity contribution in [2.75, 3.05) is 13.6 Å². The molecule has 41 heavy (non-hydrogen) atoms. The number of hydrogen-bond donors (Lipinski definition) is 3. The van der Waals surface area contributed by atoms with Crippen molar-refractivity contribution in [3.05, 3.63) is 60.2 Å². The normalized spacial score (nSPS) is 19.6. The summed E-state index contributed by atoms with van der Waals surface area (Å²) < 4.78 is 13.2. The lowest BCUT2D eigenvalue weighted by Crippen LogP contribution is -2.55. The average molecular weight is 566 g/mol. The summed E-state index contributed by atoms with van der Waals surface area (Å²) in [6, 6.07) is 8.82. The van der Waals surface area contributed by atoms with E-state index in [9.17, 15) is 9.59 Å². The predicted molar refractivity (Wildman–Crippen MR) is 162 cm³/mol. The Kier molecular flexibility index (Phi) is 12.3. The minimum atomic E-state index is -0.819. The number of unbranched alkanes of at least 4 members (excludes halogenated alkanes) is 3. The molecule has 3 N–H and O–H groups in total. The van der Waals surface area contributed by atoms with Crippen molar-refractivity contribution >= 4 is 18.9 Å². The number of hydrogen-bond acceptors (Lipinski definition) is 7. The Morgan fingerprint density at radius 1 is 0.976 bits per heavy atom. The summed E-state index contributed by atoms with van der Waals surface area (Å²) in [5.74, 6) is -0.839. The molecule has 3 rings (SSSR count). The van der Waals surface area contributed by atoms with Crippen molar-refractivity contribution in [2.24, 2.45) is 5.92 Å². The van der Waals surface area contributed by atoms with Gasteiger partial charge in [-0.2, -0.15) is 0 Å². The summed E-state index contributed by atoms with van der Waals surface area (Å²) in [5, 5.41) is 9.26. The molecule has 0 radical (unpaired) electrons. The van der Waals surface area contributed by atoms with Gasteiger partial charge in [-0.1, -0.05) is 63.4 Å². The van der Waals surface area contributed by atoms with Crippen LogP contribution in [-0.2, 0) is 20.5 Å². The maximum atomic E-state index is 13.8. The molecule has 0 saturated carbocycles. The number of carbonyl (C=O) groups excluding carboxylic acids is 2. The van der Waals surface area contributed by atoms with Crippen molar-refractivity contribution in [3.63, 3.8) is 0 Å². The third-order valence-corrected chi connectivity index (χ3v) is 7.97. The Morgan fingerprint density at radius 2 is 1.71 bits per heavy atom. The van der Waals surface area contributed by atoms with Gasteiger partial charge in [0, 0.05) is 18.8 Å². The predicted octanol–water partition coefficient (Wildman–Crippen LogP) is 4.13. The molecule has 2 aromatic rings. The van der Waals surface area contributed by atoms with Gasteiger partial charge in [0.2, 0.25) is 5.91 Å². The molecule has 2 heterocycles. The highest BCUT2D eigenvalue weighted by molar-refractivity contribution is 6.48. The van der Waals surface area contributed by atoms with Gasteiger partial charge in [0.25, 0.3) is 5.91 Å². The fourth-order valence-corrected chi connectivity index (χ4v) is 5.22. The first-order valence-corrected chi connectivity index (χ1v) is 15.0. The molecule has 2 amide bonds. The standard InChI is InChI=1S/C31H48BN5O4/c1-23(2)20-27(32-40-30(3,4)31(5,41-32)16-12-7-8-13-17-33-6)37-28(38)25(21-24-14-10-9-11-15-24)36-29(39)26-22-34-18-19-35-26/h9-11,14-15,18-19,22-23,25,27,33H,7-8,12-13,16-17,20-21H2,1-6H3,(H,36,39)(H,37,38). The molecule has 1 aromatic heterocycles. The van der Waals surface area contributed by atoms with Crippen LogP contribution in [0.25, 0.3) is 0 Å². The van der Waals surface area contributed by atoms with Gasteiger partial charge < -0.3 is 25.3 Å². The fraction of sp³-hybridized carbons (Fsp3) is 0.613. The highest BCUT2D eigenvalue weighted by Gasteiger charge is 2.56. The zero-order valence-electron chi connectivity index (χ0n) is 25.6. The summed E-state index contributed by atoms with van der Waals surface area (Å²) in [5.41, 5.74) is 0.0866. The molecule has 9 nitrogen and oxygen atoms in total. The van der Waals surface area contributed by atoms with Crippen molar-refractivity contribution in [1.82, 2.24) is 25.9 Å². The van der Waals surface area contributed by atoms with Crippen LogP contribution in [0.3, 0.4) is 0 Å². The van der Waals surface area contributed by atoms with Crippen LogP contribution in [0.1, 0.15) is 89.2 Å². The summed E-state index contributed by atoms with van der Waals surface area (Å²) >= 11 is 0. The van der Waals surface area contributed by atoms with E-state index in [1.165, 1.54) is 25.0 Å². The van der Waals surface area contributed by atoms with Crippen LogP contribution in [0.5, 0.6) is 0 Å². The van der Waals surface area contributed by atoms with Gasteiger partial charge in [-0.25, -0.2) is 4.98 Å². The topological polar surface area (TPSA) is 114 Å². The Bertz CT molecular complexity index is 1090. The van der Waals surface area contributed by atoms with Crippen molar-refractivity contribution in [2.45, 2.75) is 103 Å². The lowest BCUT2D eigenvalue weighted by molar-refractivity contribution is -0.123. The second kappa shape index (κ2) is 15.4. The first-order valence-electron chi connectivity index (χ1n) is 15.0. The van der Waals surface area contributed by atoms with Crippen LogP contribution in [0.4, 0.5) is 0 Å². The van der Waals surface area contributed by atoms with Crippen LogP contribution >= 0.6 is 0 Å². The Hall–Kier alpha value is -2.82. The maximum Gasteiger partial charge on any atom is 0.481 e. The van der Waals surface area contributed by atoms with E-state index in [4.69, 9.17) is 9.31 Å². The van der Waals surface area contributed by atoms with Crippen LogP contribution in [0, 0.1) is 5.92 Å². The van der Waals surface area contributed by atoms with Gasteiger partial charge in [-0.3, -0.25) is 14.6 Å². The van der Waals surface area contributed by atoms with Crippen molar-refractivity contribution in [1.29, 1.82) is 0 Å². The molecule has 10 heteroatoms. The smallest absolute Gasteiger partial charge is 0.402 e. The van der Waals surface area contributed by atoms with Gasteiger partial charge in [0.15, 0.2) is 0 Å². The van der Waals surface area contributed by atoms with Crippen LogP contribution in [0.2, 0.25) is 0 Å². The average Bonchev–Trinajstić information content (AvgIpc) is 3.18. The van der Waals surface area contributed by atoms with E-state index >= 15 is 0 Å². The van der Waals surface area contributed by atoms with E-state index in [1.54, 1.807) is 0 Å². The highest BCUT2D eigenvalue weighted by atomic mass is 16.7. The monoisotopic (exact) mass is 565 g/mol. The fourth-order valence-electron chi connectivity index (χ4n) is 5.22. The second-order valence-electron chi connectivity index (χ2n) is 12.2. The molecule has 1 fully saturated rings. The molecular weight excluding hydrogens is 517 g/mol. The first-order chi connectivity index (χ1) is 19.5. The van der Waals surface area contributed by atoms with E-state index in [2.05, 4.69) is 60.5 Å². The zero-order valence-corrected chi connectivity index (χ0v) is 25.6. The Morgan fingerprint density at radius 3 is 2.37 bits per heavy atom. The Balaban J connectivity index is 1.74. The minimum absolute atomic E-state index is 0.156. The lowest BCUT2D eigenvalue weighted by Gasteiger charge is -2.36. The van der Waals surface area contributed by atoms with Gasteiger partial charge in [0.1, 0.15) is 11.7 Å². The summed E-state index contributed by atoms with van der Waals surface area (Å²) in [4.78, 5) is 34.9. The number of benzene rings is 1. The van der Waals surface area contributed by atoms with Gasteiger partial charge in [0.05, 0.1) is 23.3 Å². The number of nitrogens with one attached hydrogen (secondary N) is 3. The zero-order chi connectivity index (χ0) is 29.9. The molecular formula is C31H48BN5O4. The molecule has 1 aliphatic heterocycles. The maximum absolute atomic E-state index is 13.8. The van der Waals surface area contributed by atoms with Crippen LogP contribution in [-0.4, -0.2) is 65.7 Å². The van der Waals surface area contributed by atoms with Gasteiger partial charge in [-0.15, -0.1) is 0 Å². The lowest BCUT2D eigenvalue weighted by atomic mass is 9.73. The number of amides is 2. The third kappa shape index (κ3) is 9.62. The number of aromatic nitrogens is 2. The van der Waals surface area contributed by atoms with E-state index in [0.717, 1.165) is 37.8 Å². The molecule has 1 saturated heterocycles. The van der Waals surface area contributed by atoms with Crippen LogP contribution < -0.4 is 16.0 Å². The number of nitrogens with zero attached hydrogens (tertiary/aromatic N) is 2. The minimum Gasteiger partial charge on any atom is -0.402 e. The molecule has 1 aliphatic rings. The van der Waals surface area contributed by atoms with E-state index in [-0.39, 0.29) is 23.5 Å². The van der Waals surface area contributed by atoms with E-state index < -0.39 is 30.3 Å². The van der Waals surface area contributed by atoms with Gasteiger partial charge in [-0.05, 0) is 65.1 Å². The van der Waals surface area contributed by atoms with E-state index in [1.807, 2.05) is 37.4 Å². The number of carbonyl (C=O) groups is 2. The molecule has 0 aliphatic carbocycles. The first kappa shape index (κ1) is 32.7. The molecule has 3 atom stereocenters. The summed E-state index contributed by atoms with van der Waals surface area (Å²) in [7, 11) is 1.38. The third-order valence-electron chi connectivity index (χ3n) is 7.97. The summed E-state index contributed by atoms with van der Waals surface area (Å²) in [6.07, 6.45) is 10.8. The Labute approximate surface area is 246 Å². The quantitative estimate of drug-likeness (QED) is 0.207.